The number of hydrogen-bond acceptors (Lipinski definition) is 5. The maximum absolute atomic E-state index is 11.8. The van der Waals surface area contributed by atoms with Crippen molar-refractivity contribution in [3.63, 3.8) is 0 Å². The predicted molar refractivity (Wildman–Crippen MR) is 191 cm³/mol. The van der Waals surface area contributed by atoms with Crippen LogP contribution >= 0.6 is 0 Å². The molecule has 5 heterocycles. The summed E-state index contributed by atoms with van der Waals surface area (Å²) >= 11 is 0. The molecule has 46 heavy (non-hydrogen) atoms. The fourth-order valence-electron chi connectivity index (χ4n) is 8.81. The fraction of sp³-hybridized carbons (Fsp3) is 0.450. The van der Waals surface area contributed by atoms with Crippen molar-refractivity contribution in [2.75, 3.05) is 0 Å². The molecule has 5 aliphatic rings. The summed E-state index contributed by atoms with van der Waals surface area (Å²) in [6.45, 7) is 17.3. The number of aromatic nitrogens is 1. The maximum Gasteiger partial charge on any atom is 0.117 e. The number of nitrogens with one attached hydrogen (secondary N) is 1. The molecule has 1 aromatic rings. The van der Waals surface area contributed by atoms with Gasteiger partial charge in [-0.25, -0.2) is 9.98 Å². The molecule has 0 unspecified atom stereocenters. The van der Waals surface area contributed by atoms with E-state index in [9.17, 15) is 10.4 Å². The lowest BCUT2D eigenvalue weighted by Gasteiger charge is -2.42. The molecule has 238 valence electrons. The summed E-state index contributed by atoms with van der Waals surface area (Å²) in [5.41, 5.74) is 13.7. The van der Waals surface area contributed by atoms with Gasteiger partial charge in [0, 0.05) is 17.0 Å². The molecule has 2 atom stereocenters. The van der Waals surface area contributed by atoms with E-state index in [0.717, 1.165) is 84.0 Å². The number of hydrogen-bond donors (Lipinski definition) is 2. The molecule has 4 aliphatic heterocycles. The smallest absolute Gasteiger partial charge is 0.117 e. The van der Waals surface area contributed by atoms with Gasteiger partial charge in [-0.3, -0.25) is 4.99 Å². The maximum atomic E-state index is 11.8. The Bertz CT molecular complexity index is 1890. The van der Waals surface area contributed by atoms with Gasteiger partial charge in [-0.05, 0) is 115 Å². The normalized spacial score (nSPS) is 25.0. The van der Waals surface area contributed by atoms with Crippen molar-refractivity contribution in [3.8, 4) is 6.07 Å². The lowest BCUT2D eigenvalue weighted by atomic mass is 9.55. The van der Waals surface area contributed by atoms with E-state index in [1.807, 2.05) is 13.0 Å². The van der Waals surface area contributed by atoms with Crippen molar-refractivity contribution >= 4 is 29.3 Å². The standard InChI is InChI=1S/C40H47N5O/c1-9-23-24(10-2)32-20-33-27(13-5)28(14-6)37(44-33)29-17-18-36(46)40(16-8)38(29)45-35(39(40,15-7)22-41)21-34-26(12-4)25(11-3)31(43-34)19-30(23)42-32/h17-21,43,46H,9-16H2,1-8H3/t39-,40+/m1/s1. The van der Waals surface area contributed by atoms with E-state index < -0.39 is 10.8 Å². The number of aliphatic imine (C=N–C) groups is 3. The second kappa shape index (κ2) is 11.8. The average molecular weight is 614 g/mol. The van der Waals surface area contributed by atoms with Crippen LogP contribution in [-0.4, -0.2) is 27.2 Å². The topological polar surface area (TPSA) is 96.9 Å². The van der Waals surface area contributed by atoms with Crippen molar-refractivity contribution in [1.29, 1.82) is 5.26 Å². The molecular weight excluding hydrogens is 566 g/mol. The van der Waals surface area contributed by atoms with Crippen LogP contribution in [0.15, 0.2) is 83.9 Å². The first-order chi connectivity index (χ1) is 22.3. The summed E-state index contributed by atoms with van der Waals surface area (Å²) < 4.78 is 0. The van der Waals surface area contributed by atoms with Gasteiger partial charge in [0.15, 0.2) is 0 Å². The first-order valence-corrected chi connectivity index (χ1v) is 17.4. The third-order valence-corrected chi connectivity index (χ3v) is 11.1. The monoisotopic (exact) mass is 613 g/mol. The molecule has 8 bridgehead atoms. The minimum Gasteiger partial charge on any atom is -0.511 e. The Morgan fingerprint density at radius 2 is 1.30 bits per heavy atom. The Morgan fingerprint density at radius 3 is 1.87 bits per heavy atom. The summed E-state index contributed by atoms with van der Waals surface area (Å²) in [5, 5.41) is 22.9. The van der Waals surface area contributed by atoms with Gasteiger partial charge in [-0.1, -0.05) is 55.4 Å². The van der Waals surface area contributed by atoms with Crippen LogP contribution in [0.4, 0.5) is 0 Å². The van der Waals surface area contributed by atoms with Crippen molar-refractivity contribution in [2.45, 2.75) is 107 Å². The fourth-order valence-corrected chi connectivity index (χ4v) is 8.81. The largest absolute Gasteiger partial charge is 0.511 e. The number of aliphatic hydroxyl groups is 1. The molecule has 1 aliphatic carbocycles. The highest BCUT2D eigenvalue weighted by atomic mass is 16.3. The van der Waals surface area contributed by atoms with E-state index >= 15 is 0 Å². The summed E-state index contributed by atoms with van der Waals surface area (Å²) in [5.74, 6) is 0.202. The van der Waals surface area contributed by atoms with E-state index in [2.05, 4.69) is 77.7 Å². The molecule has 0 saturated heterocycles. The molecule has 0 saturated carbocycles. The number of H-pyrrole nitrogens is 1. The SMILES string of the molecule is CCC1=C(CC)C2=NC1=Cc1[nH]c(c(CC)c1CC)C=C1N=C3C(=CC=C(O)[C@]3(CC)[C@@]1(C#N)CC)C1=NC(=C2)C(CC)=C1CC. The number of nitriles is 1. The summed E-state index contributed by atoms with van der Waals surface area (Å²) in [6, 6.07) is 2.73. The van der Waals surface area contributed by atoms with Gasteiger partial charge in [-0.15, -0.1) is 0 Å². The van der Waals surface area contributed by atoms with Crippen LogP contribution in [0.5, 0.6) is 0 Å². The zero-order valence-electron chi connectivity index (χ0n) is 28.8. The van der Waals surface area contributed by atoms with E-state index in [-0.39, 0.29) is 5.76 Å². The molecule has 0 fully saturated rings. The molecule has 6 nitrogen and oxygen atoms in total. The van der Waals surface area contributed by atoms with E-state index in [4.69, 9.17) is 15.0 Å². The second-order valence-electron chi connectivity index (χ2n) is 12.7. The first kappa shape index (κ1) is 31.7. The van der Waals surface area contributed by atoms with Crippen LogP contribution in [0.25, 0.3) is 12.2 Å². The second-order valence-corrected chi connectivity index (χ2v) is 12.7. The number of aromatic amines is 1. The van der Waals surface area contributed by atoms with Gasteiger partial charge in [0.05, 0.1) is 45.7 Å². The van der Waals surface area contributed by atoms with Crippen molar-refractivity contribution in [2.24, 2.45) is 25.8 Å². The minimum absolute atomic E-state index is 0.202. The van der Waals surface area contributed by atoms with Crippen molar-refractivity contribution in [1.82, 2.24) is 4.98 Å². The zero-order chi connectivity index (χ0) is 33.0. The molecule has 0 aromatic carbocycles. The Hall–Kier alpha value is -4.24. The van der Waals surface area contributed by atoms with Crippen LogP contribution in [0.3, 0.4) is 0 Å². The van der Waals surface area contributed by atoms with Crippen LogP contribution in [-0.2, 0) is 12.8 Å². The minimum atomic E-state index is -1.05. The van der Waals surface area contributed by atoms with Crippen LogP contribution in [0.2, 0.25) is 0 Å². The predicted octanol–water partition coefficient (Wildman–Crippen LogP) is 10.0. The number of nitrogens with zero attached hydrogens (tertiary/aromatic N) is 4. The van der Waals surface area contributed by atoms with E-state index in [1.54, 1.807) is 6.08 Å². The summed E-state index contributed by atoms with van der Waals surface area (Å²) in [6.07, 6.45) is 16.5. The van der Waals surface area contributed by atoms with Gasteiger partial charge in [0.25, 0.3) is 0 Å². The molecule has 6 rings (SSSR count). The lowest BCUT2D eigenvalue weighted by molar-refractivity contribution is 0.176. The summed E-state index contributed by atoms with van der Waals surface area (Å²) in [4.78, 5) is 19.8. The van der Waals surface area contributed by atoms with E-state index in [0.29, 0.717) is 18.5 Å². The summed E-state index contributed by atoms with van der Waals surface area (Å²) in [7, 11) is 0. The van der Waals surface area contributed by atoms with Crippen molar-refractivity contribution < 1.29 is 5.11 Å². The highest BCUT2D eigenvalue weighted by Crippen LogP contribution is 2.62. The highest BCUT2D eigenvalue weighted by molar-refractivity contribution is 6.35. The number of aliphatic hydroxyl groups excluding tert-OH is 1. The van der Waals surface area contributed by atoms with Gasteiger partial charge >= 0.3 is 0 Å². The van der Waals surface area contributed by atoms with Gasteiger partial charge < -0.3 is 10.1 Å². The molecule has 0 spiro atoms. The molecule has 6 heteroatoms. The van der Waals surface area contributed by atoms with Crippen LogP contribution in [0, 0.1) is 22.2 Å². The number of fused-ring (bicyclic) bond motifs is 6. The Labute approximate surface area is 274 Å². The average Bonchev–Trinajstić information content (AvgIpc) is 3.78. The third-order valence-electron chi connectivity index (χ3n) is 11.1. The Kier molecular flexibility index (Phi) is 8.17. The van der Waals surface area contributed by atoms with Crippen LogP contribution in [0.1, 0.15) is 116 Å². The Balaban J connectivity index is 1.78. The third kappa shape index (κ3) is 4.10. The van der Waals surface area contributed by atoms with Crippen LogP contribution < -0.4 is 0 Å². The molecule has 2 N–H and O–H groups in total. The quantitative estimate of drug-likeness (QED) is 0.305. The van der Waals surface area contributed by atoms with Crippen molar-refractivity contribution in [3.05, 3.63) is 91.5 Å². The molecule has 0 amide bonds. The van der Waals surface area contributed by atoms with Gasteiger partial charge in [-0.2, -0.15) is 5.26 Å². The molecular formula is C40H47N5O. The molecule has 0 radical (unpaired) electrons. The van der Waals surface area contributed by atoms with Gasteiger partial charge in [0.2, 0.25) is 0 Å². The first-order valence-electron chi connectivity index (χ1n) is 17.4. The zero-order valence-corrected chi connectivity index (χ0v) is 28.8. The van der Waals surface area contributed by atoms with E-state index in [1.165, 1.54) is 33.4 Å². The number of allylic oxidation sites excluding steroid dienone is 10. The van der Waals surface area contributed by atoms with Gasteiger partial charge in [0.1, 0.15) is 11.2 Å². The molecule has 1 aromatic heterocycles. The lowest BCUT2D eigenvalue weighted by Crippen LogP contribution is -2.47. The highest BCUT2D eigenvalue weighted by Gasteiger charge is 2.64. The number of rotatable bonds is 8. The Morgan fingerprint density at radius 1 is 0.696 bits per heavy atom.